The van der Waals surface area contributed by atoms with E-state index in [4.69, 9.17) is 5.26 Å². The fourth-order valence-corrected chi connectivity index (χ4v) is 2.03. The van der Waals surface area contributed by atoms with Crippen LogP contribution in [0.25, 0.3) is 0 Å². The summed E-state index contributed by atoms with van der Waals surface area (Å²) in [4.78, 5) is 13.9. The van der Waals surface area contributed by atoms with Gasteiger partial charge in [0.2, 0.25) is 0 Å². The third kappa shape index (κ3) is 2.22. The van der Waals surface area contributed by atoms with Gasteiger partial charge in [0.05, 0.1) is 12.0 Å². The predicted molar refractivity (Wildman–Crippen MR) is 60.7 cm³/mol. The van der Waals surface area contributed by atoms with Gasteiger partial charge in [0.1, 0.15) is 0 Å². The molecule has 1 aromatic rings. The first-order valence-corrected chi connectivity index (χ1v) is 5.55. The van der Waals surface area contributed by atoms with Gasteiger partial charge >= 0.3 is 0 Å². The van der Waals surface area contributed by atoms with Crippen molar-refractivity contribution in [2.75, 3.05) is 13.1 Å². The minimum Gasteiger partial charge on any atom is -0.337 e. The number of hydrogen-bond acceptors (Lipinski definition) is 2. The molecule has 82 valence electrons. The summed E-state index contributed by atoms with van der Waals surface area (Å²) in [6, 6.07) is 11.5. The number of hydrogen-bond donors (Lipinski definition) is 0. The minimum absolute atomic E-state index is 0.00131. The van der Waals surface area contributed by atoms with E-state index in [0.29, 0.717) is 12.1 Å². The Kier molecular flexibility index (Phi) is 3.21. The molecule has 0 aliphatic carbocycles. The van der Waals surface area contributed by atoms with E-state index in [2.05, 4.69) is 6.07 Å². The zero-order valence-electron chi connectivity index (χ0n) is 9.10. The third-order valence-corrected chi connectivity index (χ3v) is 2.91. The number of nitriles is 1. The normalized spacial score (nSPS) is 20.2. The fraction of sp³-hybridized carbons (Fsp3) is 0.385. The van der Waals surface area contributed by atoms with E-state index in [1.54, 1.807) is 4.90 Å². The average Bonchev–Trinajstić information content (AvgIpc) is 2.39. The summed E-state index contributed by atoms with van der Waals surface area (Å²) < 4.78 is 0. The molecule has 1 amide bonds. The highest BCUT2D eigenvalue weighted by Gasteiger charge is 2.23. The maximum Gasteiger partial charge on any atom is 0.253 e. The van der Waals surface area contributed by atoms with Gasteiger partial charge in [-0.3, -0.25) is 4.79 Å². The third-order valence-electron chi connectivity index (χ3n) is 2.91. The summed E-state index contributed by atoms with van der Waals surface area (Å²) in [7, 11) is 0. The van der Waals surface area contributed by atoms with Crippen LogP contribution in [0.2, 0.25) is 0 Å². The highest BCUT2D eigenvalue weighted by atomic mass is 16.2. The van der Waals surface area contributed by atoms with E-state index in [1.165, 1.54) is 0 Å². The van der Waals surface area contributed by atoms with Crippen LogP contribution in [0.4, 0.5) is 0 Å². The van der Waals surface area contributed by atoms with Crippen molar-refractivity contribution < 1.29 is 4.79 Å². The summed E-state index contributed by atoms with van der Waals surface area (Å²) in [6.45, 7) is 1.34. The van der Waals surface area contributed by atoms with Crippen molar-refractivity contribution in [3.05, 3.63) is 35.9 Å². The number of carbonyl (C=O) groups is 1. The highest BCUT2D eigenvalue weighted by molar-refractivity contribution is 5.94. The molecule has 1 atom stereocenters. The molecular weight excluding hydrogens is 200 g/mol. The van der Waals surface area contributed by atoms with Gasteiger partial charge in [0.25, 0.3) is 5.91 Å². The zero-order valence-corrected chi connectivity index (χ0v) is 9.10. The van der Waals surface area contributed by atoms with Crippen molar-refractivity contribution in [3.63, 3.8) is 0 Å². The molecule has 3 nitrogen and oxygen atoms in total. The zero-order chi connectivity index (χ0) is 11.4. The van der Waals surface area contributed by atoms with Crippen molar-refractivity contribution in [2.45, 2.75) is 12.8 Å². The number of piperidine rings is 1. The van der Waals surface area contributed by atoms with Crippen LogP contribution in [0, 0.1) is 17.2 Å². The molecule has 1 unspecified atom stereocenters. The molecule has 0 radical (unpaired) electrons. The second-order valence-corrected chi connectivity index (χ2v) is 4.09. The molecule has 1 fully saturated rings. The molecule has 3 heteroatoms. The Morgan fingerprint density at radius 3 is 2.81 bits per heavy atom. The Hall–Kier alpha value is -1.82. The quantitative estimate of drug-likeness (QED) is 0.718. The second-order valence-electron chi connectivity index (χ2n) is 4.09. The first kappa shape index (κ1) is 10.7. The Bertz CT molecular complexity index is 408. The maximum absolute atomic E-state index is 12.1. The SMILES string of the molecule is N#CC1CCCN(C(=O)c2ccccc2)C1. The molecule has 1 aliphatic heterocycles. The second kappa shape index (κ2) is 4.80. The maximum atomic E-state index is 12.1. The Labute approximate surface area is 95.3 Å². The van der Waals surface area contributed by atoms with Gasteiger partial charge in [0, 0.05) is 18.7 Å². The smallest absolute Gasteiger partial charge is 0.253 e. The number of likely N-dealkylation sites (tertiary alicyclic amines) is 1. The fourth-order valence-electron chi connectivity index (χ4n) is 2.03. The molecule has 0 N–H and O–H groups in total. The molecule has 0 saturated carbocycles. The van der Waals surface area contributed by atoms with Crippen LogP contribution in [-0.2, 0) is 0 Å². The van der Waals surface area contributed by atoms with E-state index in [0.717, 1.165) is 19.4 Å². The van der Waals surface area contributed by atoms with Gasteiger partial charge in [-0.2, -0.15) is 5.26 Å². The van der Waals surface area contributed by atoms with E-state index in [-0.39, 0.29) is 11.8 Å². The molecule has 1 aromatic carbocycles. The molecule has 1 heterocycles. The van der Waals surface area contributed by atoms with Crippen molar-refractivity contribution >= 4 is 5.91 Å². The van der Waals surface area contributed by atoms with Crippen LogP contribution < -0.4 is 0 Å². The topological polar surface area (TPSA) is 44.1 Å². The van der Waals surface area contributed by atoms with Gasteiger partial charge in [-0.15, -0.1) is 0 Å². The van der Waals surface area contributed by atoms with E-state index in [9.17, 15) is 4.79 Å². The molecule has 0 aromatic heterocycles. The van der Waals surface area contributed by atoms with Crippen LogP contribution in [0.5, 0.6) is 0 Å². The van der Waals surface area contributed by atoms with E-state index >= 15 is 0 Å². The number of nitrogens with zero attached hydrogens (tertiary/aromatic N) is 2. The molecule has 1 saturated heterocycles. The van der Waals surface area contributed by atoms with Crippen LogP contribution in [0.3, 0.4) is 0 Å². The van der Waals surface area contributed by atoms with Gasteiger partial charge in [-0.25, -0.2) is 0 Å². The number of carbonyl (C=O) groups excluding carboxylic acids is 1. The predicted octanol–water partition coefficient (Wildman–Crippen LogP) is 2.06. The largest absolute Gasteiger partial charge is 0.337 e. The summed E-state index contributed by atoms with van der Waals surface area (Å²) in [5.41, 5.74) is 0.709. The molecule has 0 spiro atoms. The number of benzene rings is 1. The van der Waals surface area contributed by atoms with Crippen molar-refractivity contribution in [3.8, 4) is 6.07 Å². The van der Waals surface area contributed by atoms with Gasteiger partial charge in [-0.05, 0) is 25.0 Å². The minimum atomic E-state index is 0.00131. The van der Waals surface area contributed by atoms with Crippen molar-refractivity contribution in [1.29, 1.82) is 5.26 Å². The van der Waals surface area contributed by atoms with E-state index < -0.39 is 0 Å². The first-order chi connectivity index (χ1) is 7.81. The lowest BCUT2D eigenvalue weighted by Crippen LogP contribution is -2.39. The molecule has 2 rings (SSSR count). The standard InChI is InChI=1S/C13H14N2O/c14-9-11-5-4-8-15(10-11)13(16)12-6-2-1-3-7-12/h1-3,6-7,11H,4-5,8,10H2. The van der Waals surface area contributed by atoms with Crippen LogP contribution >= 0.6 is 0 Å². The van der Waals surface area contributed by atoms with Crippen molar-refractivity contribution in [1.82, 2.24) is 4.90 Å². The highest BCUT2D eigenvalue weighted by Crippen LogP contribution is 2.17. The lowest BCUT2D eigenvalue weighted by Gasteiger charge is -2.29. The van der Waals surface area contributed by atoms with E-state index in [1.807, 2.05) is 30.3 Å². The molecule has 0 bridgehead atoms. The Balaban J connectivity index is 2.08. The van der Waals surface area contributed by atoms with Crippen LogP contribution in [0.15, 0.2) is 30.3 Å². The Morgan fingerprint density at radius 1 is 1.38 bits per heavy atom. The lowest BCUT2D eigenvalue weighted by molar-refractivity contribution is 0.0699. The summed E-state index contributed by atoms with van der Waals surface area (Å²) in [5, 5.41) is 8.87. The van der Waals surface area contributed by atoms with Gasteiger partial charge in [-0.1, -0.05) is 18.2 Å². The number of rotatable bonds is 1. The molecular formula is C13H14N2O. The Morgan fingerprint density at radius 2 is 2.12 bits per heavy atom. The van der Waals surface area contributed by atoms with Gasteiger partial charge < -0.3 is 4.90 Å². The van der Waals surface area contributed by atoms with Crippen LogP contribution in [0.1, 0.15) is 23.2 Å². The molecule has 1 aliphatic rings. The number of amides is 1. The van der Waals surface area contributed by atoms with Crippen molar-refractivity contribution in [2.24, 2.45) is 5.92 Å². The monoisotopic (exact) mass is 214 g/mol. The van der Waals surface area contributed by atoms with Gasteiger partial charge in [0.15, 0.2) is 0 Å². The summed E-state index contributed by atoms with van der Waals surface area (Å²) in [6.07, 6.45) is 1.84. The summed E-state index contributed by atoms with van der Waals surface area (Å²) in [5.74, 6) is 0.0435. The molecule has 16 heavy (non-hydrogen) atoms. The first-order valence-electron chi connectivity index (χ1n) is 5.55. The van der Waals surface area contributed by atoms with Crippen LogP contribution in [-0.4, -0.2) is 23.9 Å². The summed E-state index contributed by atoms with van der Waals surface area (Å²) >= 11 is 0. The average molecular weight is 214 g/mol. The lowest BCUT2D eigenvalue weighted by atomic mass is 9.99.